The van der Waals surface area contributed by atoms with Gasteiger partial charge in [0.15, 0.2) is 23.5 Å². The first-order valence-electron chi connectivity index (χ1n) is 5.03. The van der Waals surface area contributed by atoms with Crippen molar-refractivity contribution in [1.82, 2.24) is 0 Å². The van der Waals surface area contributed by atoms with Crippen LogP contribution in [0.25, 0.3) is 0 Å². The van der Waals surface area contributed by atoms with Crippen LogP contribution in [0.3, 0.4) is 0 Å². The van der Waals surface area contributed by atoms with Gasteiger partial charge in [0.05, 0.1) is 0 Å². The topological polar surface area (TPSA) is 72.5 Å². The molecule has 1 aromatic rings. The Bertz CT molecular complexity index is 400. The van der Waals surface area contributed by atoms with E-state index in [1.165, 1.54) is 6.92 Å². The molecule has 0 spiro atoms. The smallest absolute Gasteiger partial charge is 0.344 e. The number of aliphatic carboxylic acids is 1. The quantitative estimate of drug-likeness (QED) is 0.820. The van der Waals surface area contributed by atoms with E-state index in [1.54, 1.807) is 0 Å². The minimum atomic E-state index is -1.32. The molecule has 0 amide bonds. The second kappa shape index (κ2) is 5.58. The summed E-state index contributed by atoms with van der Waals surface area (Å²) in [5.74, 6) is -3.83. The SMILES string of the molecule is CC(Oc1c(F)cc(CCN)cc1F)C(=O)O. The Hall–Kier alpha value is -1.69. The minimum Gasteiger partial charge on any atom is -0.479 e. The van der Waals surface area contributed by atoms with E-state index < -0.39 is 29.5 Å². The van der Waals surface area contributed by atoms with Crippen LogP contribution >= 0.6 is 0 Å². The Morgan fingerprint density at radius 2 is 2.00 bits per heavy atom. The summed E-state index contributed by atoms with van der Waals surface area (Å²) in [4.78, 5) is 10.5. The van der Waals surface area contributed by atoms with Crippen LogP contribution in [0, 0.1) is 11.6 Å². The molecule has 1 aromatic carbocycles. The van der Waals surface area contributed by atoms with Gasteiger partial charge in [-0.3, -0.25) is 0 Å². The summed E-state index contributed by atoms with van der Waals surface area (Å²) in [5.41, 5.74) is 5.67. The van der Waals surface area contributed by atoms with E-state index in [0.717, 1.165) is 12.1 Å². The summed E-state index contributed by atoms with van der Waals surface area (Å²) < 4.78 is 31.6. The average Bonchev–Trinajstić information content (AvgIpc) is 2.23. The maximum absolute atomic E-state index is 13.5. The maximum Gasteiger partial charge on any atom is 0.344 e. The van der Waals surface area contributed by atoms with Crippen molar-refractivity contribution in [1.29, 1.82) is 0 Å². The van der Waals surface area contributed by atoms with Crippen molar-refractivity contribution in [3.63, 3.8) is 0 Å². The van der Waals surface area contributed by atoms with Crippen LogP contribution in [0.1, 0.15) is 12.5 Å². The number of carbonyl (C=O) groups is 1. The lowest BCUT2D eigenvalue weighted by Crippen LogP contribution is -2.24. The number of ether oxygens (including phenoxy) is 1. The number of carboxylic acid groups (broad SMARTS) is 1. The van der Waals surface area contributed by atoms with Crippen LogP contribution in [-0.4, -0.2) is 23.7 Å². The molecule has 4 nitrogen and oxygen atoms in total. The second-order valence-electron chi connectivity index (χ2n) is 3.53. The Labute approximate surface area is 97.0 Å². The van der Waals surface area contributed by atoms with Gasteiger partial charge in [0, 0.05) is 0 Å². The molecule has 3 N–H and O–H groups in total. The average molecular weight is 245 g/mol. The molecule has 94 valence electrons. The van der Waals surface area contributed by atoms with E-state index in [2.05, 4.69) is 4.74 Å². The molecule has 1 atom stereocenters. The van der Waals surface area contributed by atoms with Crippen molar-refractivity contribution in [2.75, 3.05) is 6.54 Å². The van der Waals surface area contributed by atoms with Gasteiger partial charge in [0.1, 0.15) is 0 Å². The largest absolute Gasteiger partial charge is 0.479 e. The molecule has 0 heterocycles. The highest BCUT2D eigenvalue weighted by Gasteiger charge is 2.19. The first kappa shape index (κ1) is 13.4. The number of hydrogen-bond acceptors (Lipinski definition) is 3. The fourth-order valence-electron chi connectivity index (χ4n) is 1.26. The normalized spacial score (nSPS) is 12.2. The summed E-state index contributed by atoms with van der Waals surface area (Å²) in [7, 11) is 0. The van der Waals surface area contributed by atoms with Gasteiger partial charge < -0.3 is 15.6 Å². The fourth-order valence-corrected chi connectivity index (χ4v) is 1.26. The lowest BCUT2D eigenvalue weighted by molar-refractivity contribution is -0.144. The molecular formula is C11H13F2NO3. The first-order chi connectivity index (χ1) is 7.95. The lowest BCUT2D eigenvalue weighted by Gasteiger charge is -2.12. The number of benzene rings is 1. The van der Waals surface area contributed by atoms with E-state index >= 15 is 0 Å². The maximum atomic E-state index is 13.5. The third-order valence-corrected chi connectivity index (χ3v) is 2.13. The highest BCUT2D eigenvalue weighted by molar-refractivity contribution is 5.72. The van der Waals surface area contributed by atoms with Gasteiger partial charge in [-0.2, -0.15) is 0 Å². The molecule has 0 aliphatic heterocycles. The second-order valence-corrected chi connectivity index (χ2v) is 3.53. The van der Waals surface area contributed by atoms with E-state index in [9.17, 15) is 13.6 Å². The number of rotatable bonds is 5. The monoisotopic (exact) mass is 245 g/mol. The molecule has 0 fully saturated rings. The number of halogens is 2. The summed E-state index contributed by atoms with van der Waals surface area (Å²) in [6, 6.07) is 2.17. The van der Waals surface area contributed by atoms with Crippen LogP contribution in [-0.2, 0) is 11.2 Å². The van der Waals surface area contributed by atoms with Crippen molar-refractivity contribution >= 4 is 5.97 Å². The zero-order valence-electron chi connectivity index (χ0n) is 9.24. The number of carboxylic acids is 1. The molecule has 1 rings (SSSR count). The fraction of sp³-hybridized carbons (Fsp3) is 0.364. The van der Waals surface area contributed by atoms with Crippen LogP contribution in [0.5, 0.6) is 5.75 Å². The summed E-state index contributed by atoms with van der Waals surface area (Å²) in [5, 5.41) is 8.58. The summed E-state index contributed by atoms with van der Waals surface area (Å²) in [6.07, 6.45) is -0.984. The first-order valence-corrected chi connectivity index (χ1v) is 5.03. The zero-order chi connectivity index (χ0) is 13.0. The van der Waals surface area contributed by atoms with Crippen LogP contribution in [0.15, 0.2) is 12.1 Å². The van der Waals surface area contributed by atoms with E-state index in [1.807, 2.05) is 0 Å². The Kier molecular flexibility index (Phi) is 4.39. The summed E-state index contributed by atoms with van der Waals surface area (Å²) >= 11 is 0. The molecule has 6 heteroatoms. The molecule has 0 aliphatic rings. The Balaban J connectivity index is 2.97. The number of nitrogens with two attached hydrogens (primary N) is 1. The summed E-state index contributed by atoms with van der Waals surface area (Å²) in [6.45, 7) is 1.46. The van der Waals surface area contributed by atoms with E-state index in [0.29, 0.717) is 12.0 Å². The predicted octanol–water partition coefficient (Wildman–Crippen LogP) is 1.32. The van der Waals surface area contributed by atoms with Crippen molar-refractivity contribution < 1.29 is 23.4 Å². The highest BCUT2D eigenvalue weighted by Crippen LogP contribution is 2.24. The van der Waals surface area contributed by atoms with Gasteiger partial charge in [-0.25, -0.2) is 13.6 Å². The Morgan fingerprint density at radius 3 is 2.41 bits per heavy atom. The van der Waals surface area contributed by atoms with Gasteiger partial charge >= 0.3 is 5.97 Å². The molecule has 17 heavy (non-hydrogen) atoms. The zero-order valence-corrected chi connectivity index (χ0v) is 9.24. The predicted molar refractivity (Wildman–Crippen MR) is 56.8 cm³/mol. The number of hydrogen-bond donors (Lipinski definition) is 2. The van der Waals surface area contributed by atoms with Gasteiger partial charge in [-0.1, -0.05) is 0 Å². The molecule has 0 saturated heterocycles. The highest BCUT2D eigenvalue weighted by atomic mass is 19.1. The van der Waals surface area contributed by atoms with Crippen molar-refractivity contribution in [3.8, 4) is 5.75 Å². The molecule has 0 aliphatic carbocycles. The molecule has 1 unspecified atom stereocenters. The van der Waals surface area contributed by atoms with Gasteiger partial charge in [-0.15, -0.1) is 0 Å². The van der Waals surface area contributed by atoms with Crippen molar-refractivity contribution in [2.24, 2.45) is 5.73 Å². The van der Waals surface area contributed by atoms with Gasteiger partial charge in [-0.05, 0) is 37.6 Å². The van der Waals surface area contributed by atoms with Crippen LogP contribution in [0.4, 0.5) is 8.78 Å². The third kappa shape index (κ3) is 3.39. The van der Waals surface area contributed by atoms with Crippen molar-refractivity contribution in [3.05, 3.63) is 29.3 Å². The minimum absolute atomic E-state index is 0.268. The van der Waals surface area contributed by atoms with Crippen LogP contribution < -0.4 is 10.5 Å². The van der Waals surface area contributed by atoms with Crippen molar-refractivity contribution in [2.45, 2.75) is 19.4 Å². The van der Waals surface area contributed by atoms with E-state index in [4.69, 9.17) is 10.8 Å². The molecule has 0 saturated carbocycles. The van der Waals surface area contributed by atoms with Gasteiger partial charge in [0.25, 0.3) is 0 Å². The molecule has 0 radical (unpaired) electrons. The molecular weight excluding hydrogens is 232 g/mol. The molecule has 0 aromatic heterocycles. The lowest BCUT2D eigenvalue weighted by atomic mass is 10.1. The van der Waals surface area contributed by atoms with Gasteiger partial charge in [0.2, 0.25) is 0 Å². The third-order valence-electron chi connectivity index (χ3n) is 2.13. The Morgan fingerprint density at radius 1 is 1.47 bits per heavy atom. The molecule has 0 bridgehead atoms. The van der Waals surface area contributed by atoms with Crippen LogP contribution in [0.2, 0.25) is 0 Å². The van der Waals surface area contributed by atoms with E-state index in [-0.39, 0.29) is 6.54 Å². The standard InChI is InChI=1S/C11H13F2NO3/c1-6(11(15)16)17-10-8(12)4-7(2-3-14)5-9(10)13/h4-6H,2-3,14H2,1H3,(H,15,16).